The summed E-state index contributed by atoms with van der Waals surface area (Å²) in [5.74, 6) is 0.467. The quantitative estimate of drug-likeness (QED) is 0.600. The Hall–Kier alpha value is -2.35. The fourth-order valence-electron chi connectivity index (χ4n) is 3.09. The zero-order chi connectivity index (χ0) is 21.6. The molecule has 2 aromatic rings. The molecule has 0 saturated heterocycles. The summed E-state index contributed by atoms with van der Waals surface area (Å²) in [6, 6.07) is 6.99. The predicted molar refractivity (Wildman–Crippen MR) is 116 cm³/mol. The van der Waals surface area contributed by atoms with Crippen LogP contribution in [0, 0.1) is 5.92 Å². The molecule has 0 aliphatic heterocycles. The van der Waals surface area contributed by atoms with E-state index in [1.165, 1.54) is 7.11 Å². The van der Waals surface area contributed by atoms with Gasteiger partial charge in [-0.3, -0.25) is 4.79 Å². The third kappa shape index (κ3) is 5.82. The summed E-state index contributed by atoms with van der Waals surface area (Å²) in [6.45, 7) is 8.30. The molecule has 7 nitrogen and oxygen atoms in total. The van der Waals surface area contributed by atoms with E-state index in [4.69, 9.17) is 0 Å². The number of carbonyl (C=O) groups excluding carboxylic acids is 2. The van der Waals surface area contributed by atoms with Crippen molar-refractivity contribution in [2.24, 2.45) is 5.92 Å². The van der Waals surface area contributed by atoms with Gasteiger partial charge in [0.1, 0.15) is 11.9 Å². The van der Waals surface area contributed by atoms with Crippen molar-refractivity contribution in [3.63, 3.8) is 0 Å². The molecule has 0 radical (unpaired) electrons. The first-order valence-corrected chi connectivity index (χ1v) is 10.5. The Morgan fingerprint density at radius 2 is 1.90 bits per heavy atom. The molecule has 2 rings (SSSR count). The molecule has 1 heterocycles. The van der Waals surface area contributed by atoms with Gasteiger partial charge in [-0.2, -0.15) is 0 Å². The number of nitrogens with zero attached hydrogens (tertiary/aromatic N) is 2. The minimum Gasteiger partial charge on any atom is -0.453 e. The fraction of sp³-hybridized carbons (Fsp3) is 0.476. The van der Waals surface area contributed by atoms with Gasteiger partial charge in [-0.05, 0) is 37.0 Å². The molecule has 2 N–H and O–H groups in total. The van der Waals surface area contributed by atoms with E-state index < -0.39 is 12.1 Å². The van der Waals surface area contributed by atoms with Crippen molar-refractivity contribution in [2.75, 3.05) is 13.7 Å². The Balaban J connectivity index is 2.26. The normalized spacial score (nSPS) is 13.1. The van der Waals surface area contributed by atoms with Gasteiger partial charge in [0.25, 0.3) is 0 Å². The lowest BCUT2D eigenvalue weighted by molar-refractivity contribution is -0.136. The average Bonchev–Trinajstić information content (AvgIpc) is 3.19. The van der Waals surface area contributed by atoms with Gasteiger partial charge in [0.15, 0.2) is 0 Å². The van der Waals surface area contributed by atoms with Gasteiger partial charge in [0.05, 0.1) is 25.0 Å². The second-order valence-electron chi connectivity index (χ2n) is 7.25. The Bertz CT molecular complexity index is 820. The number of ether oxygens (including phenoxy) is 1. The second-order valence-corrected chi connectivity index (χ2v) is 8.17. The van der Waals surface area contributed by atoms with Crippen LogP contribution in [0.2, 0.25) is 0 Å². The Kier molecular flexibility index (Phi) is 8.25. The number of alkyl carbamates (subject to hydrolysis) is 1. The average molecular weight is 465 g/mol. The summed E-state index contributed by atoms with van der Waals surface area (Å²) >= 11 is 3.44. The summed E-state index contributed by atoms with van der Waals surface area (Å²) < 4.78 is 5.69. The van der Waals surface area contributed by atoms with Gasteiger partial charge in [-0.25, -0.2) is 9.78 Å². The molecule has 1 aromatic heterocycles. The highest BCUT2D eigenvalue weighted by Crippen LogP contribution is 2.25. The van der Waals surface area contributed by atoms with Crippen LogP contribution in [0.3, 0.4) is 0 Å². The first kappa shape index (κ1) is 22.9. The number of carbonyl (C=O) groups is 2. The van der Waals surface area contributed by atoms with E-state index in [1.807, 2.05) is 52.0 Å². The molecule has 1 aromatic carbocycles. The first-order chi connectivity index (χ1) is 13.8. The number of H-pyrrole nitrogens is 1. The van der Waals surface area contributed by atoms with E-state index in [-0.39, 0.29) is 17.9 Å². The first-order valence-electron chi connectivity index (χ1n) is 9.74. The van der Waals surface area contributed by atoms with Crippen LogP contribution >= 0.6 is 15.9 Å². The fourth-order valence-corrected chi connectivity index (χ4v) is 3.35. The van der Waals surface area contributed by atoms with Crippen LogP contribution < -0.4 is 5.32 Å². The van der Waals surface area contributed by atoms with Crippen LogP contribution in [0.15, 0.2) is 34.9 Å². The van der Waals surface area contributed by atoms with Crippen molar-refractivity contribution < 1.29 is 14.3 Å². The molecule has 29 heavy (non-hydrogen) atoms. The summed E-state index contributed by atoms with van der Waals surface area (Å²) in [6.07, 6.45) is 1.95. The molecular formula is C21H29BrN4O3. The van der Waals surface area contributed by atoms with Crippen LogP contribution in [0.1, 0.15) is 46.0 Å². The number of imidazole rings is 1. The van der Waals surface area contributed by atoms with Gasteiger partial charge in [0.2, 0.25) is 5.91 Å². The maximum Gasteiger partial charge on any atom is 0.407 e. The second kappa shape index (κ2) is 10.4. The Labute approximate surface area is 180 Å². The van der Waals surface area contributed by atoms with E-state index >= 15 is 0 Å². The topological polar surface area (TPSA) is 87.3 Å². The largest absolute Gasteiger partial charge is 0.453 e. The number of amides is 2. The number of nitrogens with one attached hydrogen (secondary N) is 2. The molecule has 0 saturated carbocycles. The van der Waals surface area contributed by atoms with Crippen LogP contribution in [0.5, 0.6) is 0 Å². The summed E-state index contributed by atoms with van der Waals surface area (Å²) in [5.41, 5.74) is 1.90. The van der Waals surface area contributed by atoms with Crippen molar-refractivity contribution >= 4 is 27.9 Å². The van der Waals surface area contributed by atoms with E-state index in [0.717, 1.165) is 22.2 Å². The zero-order valence-corrected chi connectivity index (χ0v) is 19.1. The van der Waals surface area contributed by atoms with Crippen LogP contribution in [-0.4, -0.2) is 46.6 Å². The maximum absolute atomic E-state index is 13.3. The van der Waals surface area contributed by atoms with Crippen molar-refractivity contribution in [2.45, 2.75) is 46.2 Å². The standard InChI is InChI=1S/C21H29BrN4O3/c1-6-11-26(20(27)18(13(2)3)25-21(28)29-5)14(4)19-23-12-17(24-19)15-7-9-16(22)10-8-15/h7-10,12-14,18H,6,11H2,1-5H3,(H,23,24)(H,25,28). The lowest BCUT2D eigenvalue weighted by atomic mass is 10.0. The number of aromatic nitrogens is 2. The number of halogens is 1. The predicted octanol–water partition coefficient (Wildman–Crippen LogP) is 4.52. The van der Waals surface area contributed by atoms with Gasteiger partial charge in [0, 0.05) is 11.0 Å². The molecule has 8 heteroatoms. The number of rotatable bonds is 8. The summed E-state index contributed by atoms with van der Waals surface area (Å²) in [7, 11) is 1.29. The molecular weight excluding hydrogens is 436 g/mol. The maximum atomic E-state index is 13.3. The van der Waals surface area contributed by atoms with Gasteiger partial charge in [-0.1, -0.05) is 48.8 Å². The van der Waals surface area contributed by atoms with Gasteiger partial charge >= 0.3 is 6.09 Å². The molecule has 2 amide bonds. The lowest BCUT2D eigenvalue weighted by Crippen LogP contribution is -2.52. The van der Waals surface area contributed by atoms with Crippen molar-refractivity contribution in [3.8, 4) is 11.3 Å². The third-order valence-electron chi connectivity index (χ3n) is 4.75. The van der Waals surface area contributed by atoms with E-state index in [1.54, 1.807) is 11.1 Å². The molecule has 158 valence electrons. The lowest BCUT2D eigenvalue weighted by Gasteiger charge is -2.33. The van der Waals surface area contributed by atoms with Crippen molar-refractivity contribution in [1.82, 2.24) is 20.2 Å². The van der Waals surface area contributed by atoms with E-state index in [9.17, 15) is 9.59 Å². The molecule has 0 spiro atoms. The number of aromatic amines is 1. The molecule has 0 fully saturated rings. The number of hydrogen-bond donors (Lipinski definition) is 2. The van der Waals surface area contributed by atoms with Gasteiger partial charge in [-0.15, -0.1) is 0 Å². The van der Waals surface area contributed by atoms with E-state index in [2.05, 4.69) is 36.0 Å². The Morgan fingerprint density at radius 1 is 1.24 bits per heavy atom. The van der Waals surface area contributed by atoms with Gasteiger partial charge < -0.3 is 19.9 Å². The van der Waals surface area contributed by atoms with Crippen molar-refractivity contribution in [1.29, 1.82) is 0 Å². The molecule has 0 bridgehead atoms. The van der Waals surface area contributed by atoms with Crippen LogP contribution in [-0.2, 0) is 9.53 Å². The molecule has 2 unspecified atom stereocenters. The Morgan fingerprint density at radius 3 is 2.45 bits per heavy atom. The number of benzene rings is 1. The van der Waals surface area contributed by atoms with E-state index in [0.29, 0.717) is 12.4 Å². The van der Waals surface area contributed by atoms with Crippen LogP contribution in [0.25, 0.3) is 11.3 Å². The highest BCUT2D eigenvalue weighted by atomic mass is 79.9. The number of methoxy groups -OCH3 is 1. The summed E-state index contributed by atoms with van der Waals surface area (Å²) in [4.78, 5) is 34.6. The van der Waals surface area contributed by atoms with Crippen LogP contribution in [0.4, 0.5) is 4.79 Å². The monoisotopic (exact) mass is 464 g/mol. The zero-order valence-electron chi connectivity index (χ0n) is 17.5. The smallest absolute Gasteiger partial charge is 0.407 e. The third-order valence-corrected chi connectivity index (χ3v) is 5.28. The molecule has 2 atom stereocenters. The molecule has 0 aliphatic rings. The number of hydrogen-bond acceptors (Lipinski definition) is 4. The minimum absolute atomic E-state index is 0.0805. The minimum atomic E-state index is -0.669. The SMILES string of the molecule is CCCN(C(=O)C(NC(=O)OC)C(C)C)C(C)c1ncc(-c2ccc(Br)cc2)[nH]1. The highest BCUT2D eigenvalue weighted by molar-refractivity contribution is 9.10. The highest BCUT2D eigenvalue weighted by Gasteiger charge is 2.32. The molecule has 0 aliphatic carbocycles. The van der Waals surface area contributed by atoms with Crippen molar-refractivity contribution in [3.05, 3.63) is 40.8 Å². The summed E-state index contributed by atoms with van der Waals surface area (Å²) in [5, 5.41) is 2.66.